The number of anilines is 1. The molecule has 2 aromatic carbocycles. The van der Waals surface area contributed by atoms with Gasteiger partial charge in [0.1, 0.15) is 5.82 Å². The van der Waals surface area contributed by atoms with Crippen LogP contribution in [-0.2, 0) is 6.54 Å². The first kappa shape index (κ1) is 19.4. The topological polar surface area (TPSA) is 24.3 Å². The quantitative estimate of drug-likeness (QED) is 0.442. The van der Waals surface area contributed by atoms with Crippen LogP contribution >= 0.6 is 11.6 Å². The summed E-state index contributed by atoms with van der Waals surface area (Å²) < 4.78 is 2.33. The van der Waals surface area contributed by atoms with E-state index in [1.165, 1.54) is 34.7 Å². The molecule has 0 unspecified atom stereocenters. The molecule has 154 valence electrons. The number of fused-ring (bicyclic) bond motifs is 3. The largest absolute Gasteiger partial charge is 0.356 e. The van der Waals surface area contributed by atoms with E-state index in [9.17, 15) is 0 Å². The molecule has 30 heavy (non-hydrogen) atoms. The third-order valence-corrected chi connectivity index (χ3v) is 6.56. The molecular weight excluding hydrogens is 392 g/mol. The number of piperidine rings is 1. The number of pyridine rings is 1. The minimum atomic E-state index is 0.657. The normalized spacial score (nSPS) is 15.5. The Bertz CT molecular complexity index is 1190. The van der Waals surface area contributed by atoms with Gasteiger partial charge >= 0.3 is 0 Å². The molecular formula is C25H27ClN4. The molecule has 4 nitrogen and oxygen atoms in total. The zero-order chi connectivity index (χ0) is 20.7. The monoisotopic (exact) mass is 418 g/mol. The number of nitrogens with zero attached hydrogens (tertiary/aromatic N) is 4. The minimum Gasteiger partial charge on any atom is -0.356 e. The summed E-state index contributed by atoms with van der Waals surface area (Å²) in [6.07, 6.45) is 4.54. The van der Waals surface area contributed by atoms with Crippen LogP contribution in [0.5, 0.6) is 0 Å². The molecule has 0 radical (unpaired) electrons. The molecule has 0 bridgehead atoms. The van der Waals surface area contributed by atoms with Crippen LogP contribution in [-0.4, -0.2) is 47.7 Å². The Hall–Kier alpha value is -2.56. The van der Waals surface area contributed by atoms with Crippen LogP contribution in [0.15, 0.2) is 60.8 Å². The third-order valence-electron chi connectivity index (χ3n) is 6.33. The predicted octanol–water partition coefficient (Wildman–Crippen LogP) is 5.42. The van der Waals surface area contributed by atoms with Gasteiger partial charge in [0.05, 0.1) is 11.0 Å². The second-order valence-corrected chi connectivity index (χ2v) is 8.91. The van der Waals surface area contributed by atoms with E-state index in [0.717, 1.165) is 36.0 Å². The highest BCUT2D eigenvalue weighted by atomic mass is 35.5. The molecule has 0 aliphatic carbocycles. The SMILES string of the molecule is CN(C)C1CCN(c2nc3ccccc3c3c2ccn3Cc2cccc(Cl)c2)CC1. The Morgan fingerprint density at radius 1 is 1.00 bits per heavy atom. The first-order valence-electron chi connectivity index (χ1n) is 10.6. The van der Waals surface area contributed by atoms with Crippen LogP contribution in [0.2, 0.25) is 5.02 Å². The maximum absolute atomic E-state index is 6.23. The molecule has 1 aliphatic rings. The molecule has 5 rings (SSSR count). The molecule has 0 atom stereocenters. The molecule has 2 aromatic heterocycles. The van der Waals surface area contributed by atoms with Crippen molar-refractivity contribution in [3.63, 3.8) is 0 Å². The molecule has 1 fully saturated rings. The average Bonchev–Trinajstić information content (AvgIpc) is 3.17. The van der Waals surface area contributed by atoms with E-state index in [2.05, 4.69) is 71.1 Å². The smallest absolute Gasteiger partial charge is 0.138 e. The lowest BCUT2D eigenvalue weighted by Crippen LogP contribution is -2.42. The number of rotatable bonds is 4. The number of aromatic nitrogens is 2. The van der Waals surface area contributed by atoms with Gasteiger partial charge < -0.3 is 14.4 Å². The van der Waals surface area contributed by atoms with Crippen LogP contribution in [0.3, 0.4) is 0 Å². The van der Waals surface area contributed by atoms with Gasteiger partial charge in [-0.2, -0.15) is 0 Å². The lowest BCUT2D eigenvalue weighted by molar-refractivity contribution is 0.249. The Kier molecular flexibility index (Phi) is 5.13. The van der Waals surface area contributed by atoms with Gasteiger partial charge in [0.2, 0.25) is 0 Å². The van der Waals surface area contributed by atoms with Crippen molar-refractivity contribution >= 4 is 39.2 Å². The molecule has 3 heterocycles. The summed E-state index contributed by atoms with van der Waals surface area (Å²) in [5, 5.41) is 3.21. The fraction of sp³-hybridized carbons (Fsp3) is 0.320. The van der Waals surface area contributed by atoms with Crippen molar-refractivity contribution in [3.05, 3.63) is 71.4 Å². The van der Waals surface area contributed by atoms with Crippen LogP contribution < -0.4 is 4.90 Å². The molecule has 1 saturated heterocycles. The molecule has 1 aliphatic heterocycles. The van der Waals surface area contributed by atoms with E-state index in [1.807, 2.05) is 18.2 Å². The van der Waals surface area contributed by atoms with Gasteiger partial charge in [0.15, 0.2) is 0 Å². The predicted molar refractivity (Wildman–Crippen MR) is 127 cm³/mol. The lowest BCUT2D eigenvalue weighted by Gasteiger charge is -2.36. The number of hydrogen-bond donors (Lipinski definition) is 0. The molecule has 0 amide bonds. The fourth-order valence-electron chi connectivity index (χ4n) is 4.70. The lowest BCUT2D eigenvalue weighted by atomic mass is 10.0. The number of para-hydroxylation sites is 1. The van der Waals surface area contributed by atoms with Crippen molar-refractivity contribution in [2.45, 2.75) is 25.4 Å². The number of halogens is 1. The first-order valence-corrected chi connectivity index (χ1v) is 11.0. The average molecular weight is 419 g/mol. The van der Waals surface area contributed by atoms with Crippen molar-refractivity contribution in [1.29, 1.82) is 0 Å². The highest BCUT2D eigenvalue weighted by molar-refractivity contribution is 6.30. The summed E-state index contributed by atoms with van der Waals surface area (Å²) in [5.74, 6) is 1.12. The Labute approximate surface area is 182 Å². The molecule has 4 aromatic rings. The van der Waals surface area contributed by atoms with Crippen LogP contribution in [0, 0.1) is 0 Å². The van der Waals surface area contributed by atoms with Gasteiger partial charge in [-0.3, -0.25) is 0 Å². The van der Waals surface area contributed by atoms with Gasteiger partial charge in [-0.1, -0.05) is 41.9 Å². The molecule has 0 saturated carbocycles. The van der Waals surface area contributed by atoms with Crippen LogP contribution in [0.25, 0.3) is 21.8 Å². The summed E-state index contributed by atoms with van der Waals surface area (Å²) in [6, 6.07) is 19.5. The summed E-state index contributed by atoms with van der Waals surface area (Å²) in [5.41, 5.74) is 3.51. The zero-order valence-electron chi connectivity index (χ0n) is 17.6. The number of hydrogen-bond acceptors (Lipinski definition) is 3. The fourth-order valence-corrected chi connectivity index (χ4v) is 4.91. The zero-order valence-corrected chi connectivity index (χ0v) is 18.3. The van der Waals surface area contributed by atoms with Crippen molar-refractivity contribution in [1.82, 2.24) is 14.5 Å². The number of benzene rings is 2. The van der Waals surface area contributed by atoms with Gasteiger partial charge in [0, 0.05) is 47.7 Å². The van der Waals surface area contributed by atoms with Crippen molar-refractivity contribution < 1.29 is 0 Å². The van der Waals surface area contributed by atoms with Gasteiger partial charge in [-0.05, 0) is 56.8 Å². The second-order valence-electron chi connectivity index (χ2n) is 8.47. The Morgan fingerprint density at radius 2 is 1.80 bits per heavy atom. The maximum atomic E-state index is 6.23. The summed E-state index contributed by atoms with van der Waals surface area (Å²) in [6.45, 7) is 2.88. The van der Waals surface area contributed by atoms with Crippen molar-refractivity contribution in [2.75, 3.05) is 32.1 Å². The van der Waals surface area contributed by atoms with Crippen LogP contribution in [0.4, 0.5) is 5.82 Å². The minimum absolute atomic E-state index is 0.657. The standard InChI is InChI=1S/C25H27ClN4/c1-28(2)20-10-13-29(14-11-20)25-22-12-15-30(17-18-6-5-7-19(26)16-18)24(22)21-8-3-4-9-23(21)27-25/h3-9,12,15-16,20H,10-11,13-14,17H2,1-2H3. The first-order chi connectivity index (χ1) is 14.6. The van der Waals surface area contributed by atoms with E-state index in [1.54, 1.807) is 0 Å². The highest BCUT2D eigenvalue weighted by Crippen LogP contribution is 2.34. The van der Waals surface area contributed by atoms with E-state index < -0.39 is 0 Å². The van der Waals surface area contributed by atoms with Crippen molar-refractivity contribution in [3.8, 4) is 0 Å². The molecule has 0 spiro atoms. The second kappa shape index (κ2) is 7.93. The van der Waals surface area contributed by atoms with Gasteiger partial charge in [0.25, 0.3) is 0 Å². The maximum Gasteiger partial charge on any atom is 0.138 e. The summed E-state index contributed by atoms with van der Waals surface area (Å²) >= 11 is 6.23. The van der Waals surface area contributed by atoms with Crippen LogP contribution in [0.1, 0.15) is 18.4 Å². The van der Waals surface area contributed by atoms with E-state index >= 15 is 0 Å². The van der Waals surface area contributed by atoms with E-state index in [4.69, 9.17) is 16.6 Å². The highest BCUT2D eigenvalue weighted by Gasteiger charge is 2.24. The summed E-state index contributed by atoms with van der Waals surface area (Å²) in [4.78, 5) is 9.93. The molecule has 5 heteroatoms. The van der Waals surface area contributed by atoms with Gasteiger partial charge in [-0.25, -0.2) is 4.98 Å². The van der Waals surface area contributed by atoms with Gasteiger partial charge in [-0.15, -0.1) is 0 Å². The molecule has 0 N–H and O–H groups in total. The third kappa shape index (κ3) is 3.55. The Balaban J connectivity index is 1.59. The van der Waals surface area contributed by atoms with E-state index in [-0.39, 0.29) is 0 Å². The van der Waals surface area contributed by atoms with E-state index in [0.29, 0.717) is 6.04 Å². The summed E-state index contributed by atoms with van der Waals surface area (Å²) in [7, 11) is 4.37. The Morgan fingerprint density at radius 3 is 2.57 bits per heavy atom. The van der Waals surface area contributed by atoms with Crippen molar-refractivity contribution in [2.24, 2.45) is 0 Å².